The van der Waals surface area contributed by atoms with Crippen LogP contribution in [0.15, 0.2) is 18.2 Å². The first-order chi connectivity index (χ1) is 8.45. The number of urea groups is 1. The molecule has 1 rings (SSSR count). The van der Waals surface area contributed by atoms with Gasteiger partial charge in [0.15, 0.2) is 0 Å². The third kappa shape index (κ3) is 3.41. The van der Waals surface area contributed by atoms with Crippen molar-refractivity contribution in [3.8, 4) is 0 Å². The van der Waals surface area contributed by atoms with Crippen molar-refractivity contribution in [1.29, 1.82) is 0 Å². The Morgan fingerprint density at radius 2 is 1.89 bits per heavy atom. The van der Waals surface area contributed by atoms with Gasteiger partial charge in [0.2, 0.25) is 0 Å². The fourth-order valence-corrected chi connectivity index (χ4v) is 1.26. The van der Waals surface area contributed by atoms with Crippen molar-refractivity contribution in [3.63, 3.8) is 0 Å². The first-order valence-electron chi connectivity index (χ1n) is 5.20. The van der Waals surface area contributed by atoms with Crippen LogP contribution in [0.5, 0.6) is 0 Å². The predicted molar refractivity (Wildman–Crippen MR) is 60.2 cm³/mol. The summed E-state index contributed by atoms with van der Waals surface area (Å²) in [6.45, 7) is 1.56. The molecule has 0 spiro atoms. The Hall–Kier alpha value is -2.18. The second-order valence-electron chi connectivity index (χ2n) is 3.49. The number of hydrogen-bond donors (Lipinski definition) is 3. The standard InChI is InChI=1S/C11H12F2N2O3/c1-2-8(10(16)17)14-11(18)15-9-6(12)4-3-5-7(9)13/h3-5,8H,2H2,1H3,(H,16,17)(H2,14,15,18). The van der Waals surface area contributed by atoms with Crippen LogP contribution in [-0.4, -0.2) is 23.1 Å². The van der Waals surface area contributed by atoms with E-state index in [0.29, 0.717) is 0 Å². The molecule has 0 heterocycles. The fraction of sp³-hybridized carbons (Fsp3) is 0.273. The molecule has 18 heavy (non-hydrogen) atoms. The van der Waals surface area contributed by atoms with Crippen molar-refractivity contribution in [1.82, 2.24) is 5.32 Å². The van der Waals surface area contributed by atoms with Crippen LogP contribution >= 0.6 is 0 Å². The van der Waals surface area contributed by atoms with E-state index in [1.165, 1.54) is 0 Å². The zero-order chi connectivity index (χ0) is 13.7. The molecule has 0 saturated heterocycles. The van der Waals surface area contributed by atoms with Crippen LogP contribution in [0.2, 0.25) is 0 Å². The van der Waals surface area contributed by atoms with Gasteiger partial charge in [-0.3, -0.25) is 0 Å². The molecule has 0 aromatic heterocycles. The van der Waals surface area contributed by atoms with E-state index in [1.54, 1.807) is 6.92 Å². The summed E-state index contributed by atoms with van der Waals surface area (Å²) in [6.07, 6.45) is 0.155. The van der Waals surface area contributed by atoms with Gasteiger partial charge in [0.05, 0.1) is 0 Å². The Kier molecular flexibility index (Phi) is 4.59. The van der Waals surface area contributed by atoms with Crippen molar-refractivity contribution in [3.05, 3.63) is 29.8 Å². The maximum absolute atomic E-state index is 13.2. The van der Waals surface area contributed by atoms with Gasteiger partial charge >= 0.3 is 12.0 Å². The van der Waals surface area contributed by atoms with Gasteiger partial charge in [-0.05, 0) is 18.6 Å². The molecular weight excluding hydrogens is 246 g/mol. The summed E-state index contributed by atoms with van der Waals surface area (Å²) in [4.78, 5) is 22.0. The van der Waals surface area contributed by atoms with E-state index < -0.39 is 35.4 Å². The predicted octanol–water partition coefficient (Wildman–Crippen LogP) is 1.95. The average Bonchev–Trinajstić information content (AvgIpc) is 2.30. The molecule has 0 aliphatic carbocycles. The first kappa shape index (κ1) is 13.9. The highest BCUT2D eigenvalue weighted by Crippen LogP contribution is 2.17. The van der Waals surface area contributed by atoms with Crippen LogP contribution in [0, 0.1) is 11.6 Å². The molecule has 1 atom stereocenters. The van der Waals surface area contributed by atoms with Gasteiger partial charge in [0, 0.05) is 0 Å². The number of carboxylic acid groups (broad SMARTS) is 1. The normalized spacial score (nSPS) is 11.7. The minimum atomic E-state index is -1.22. The highest BCUT2D eigenvalue weighted by molar-refractivity contribution is 5.92. The van der Waals surface area contributed by atoms with Gasteiger partial charge < -0.3 is 15.7 Å². The van der Waals surface area contributed by atoms with Crippen molar-refractivity contribution in [2.24, 2.45) is 0 Å². The Morgan fingerprint density at radius 3 is 2.33 bits per heavy atom. The van der Waals surface area contributed by atoms with Crippen molar-refractivity contribution < 1.29 is 23.5 Å². The minimum absolute atomic E-state index is 0.155. The SMILES string of the molecule is CCC(NC(=O)Nc1c(F)cccc1F)C(=O)O. The Bertz CT molecular complexity index is 445. The molecule has 0 aliphatic rings. The first-order valence-corrected chi connectivity index (χ1v) is 5.20. The molecule has 0 saturated carbocycles. The van der Waals surface area contributed by atoms with Crippen molar-refractivity contribution >= 4 is 17.7 Å². The van der Waals surface area contributed by atoms with E-state index in [-0.39, 0.29) is 6.42 Å². The lowest BCUT2D eigenvalue weighted by Gasteiger charge is -2.13. The summed E-state index contributed by atoms with van der Waals surface area (Å²) in [5.41, 5.74) is -0.616. The zero-order valence-electron chi connectivity index (χ0n) is 9.54. The van der Waals surface area contributed by atoms with Gasteiger partial charge in [-0.2, -0.15) is 0 Å². The second kappa shape index (κ2) is 5.95. The number of carboxylic acids is 1. The summed E-state index contributed by atoms with van der Waals surface area (Å²) in [6, 6.07) is 1.02. The van der Waals surface area contributed by atoms with E-state index >= 15 is 0 Å². The monoisotopic (exact) mass is 258 g/mol. The molecule has 3 N–H and O–H groups in total. The van der Waals surface area contributed by atoms with E-state index in [9.17, 15) is 18.4 Å². The molecular formula is C11H12F2N2O3. The molecule has 1 aromatic rings. The number of rotatable bonds is 4. The second-order valence-corrected chi connectivity index (χ2v) is 3.49. The summed E-state index contributed by atoms with van der Waals surface area (Å²) in [5, 5.41) is 12.7. The molecule has 1 unspecified atom stereocenters. The molecule has 0 fully saturated rings. The number of hydrogen-bond acceptors (Lipinski definition) is 2. The highest BCUT2D eigenvalue weighted by Gasteiger charge is 2.19. The van der Waals surface area contributed by atoms with Crippen molar-refractivity contribution in [2.75, 3.05) is 5.32 Å². The number of amides is 2. The number of halogens is 2. The van der Waals surface area contributed by atoms with Gasteiger partial charge in [-0.25, -0.2) is 18.4 Å². The van der Waals surface area contributed by atoms with Crippen LogP contribution in [0.1, 0.15) is 13.3 Å². The number of para-hydroxylation sites is 1. The molecule has 0 bridgehead atoms. The third-order valence-electron chi connectivity index (χ3n) is 2.21. The Labute approximate surface area is 102 Å². The smallest absolute Gasteiger partial charge is 0.326 e. The lowest BCUT2D eigenvalue weighted by molar-refractivity contribution is -0.139. The van der Waals surface area contributed by atoms with Crippen LogP contribution in [0.25, 0.3) is 0 Å². The molecule has 1 aromatic carbocycles. The molecule has 5 nitrogen and oxygen atoms in total. The van der Waals surface area contributed by atoms with E-state index in [4.69, 9.17) is 5.11 Å². The third-order valence-corrected chi connectivity index (χ3v) is 2.21. The topological polar surface area (TPSA) is 78.4 Å². The number of aliphatic carboxylic acids is 1. The summed E-state index contributed by atoms with van der Waals surface area (Å²) >= 11 is 0. The van der Waals surface area contributed by atoms with E-state index in [1.807, 2.05) is 5.32 Å². The van der Waals surface area contributed by atoms with Gasteiger partial charge in [-0.1, -0.05) is 13.0 Å². The Balaban J connectivity index is 2.73. The van der Waals surface area contributed by atoms with E-state index in [0.717, 1.165) is 18.2 Å². The number of benzene rings is 1. The van der Waals surface area contributed by atoms with Gasteiger partial charge in [-0.15, -0.1) is 0 Å². The fourth-order valence-electron chi connectivity index (χ4n) is 1.26. The lowest BCUT2D eigenvalue weighted by Crippen LogP contribution is -2.42. The summed E-state index contributed by atoms with van der Waals surface area (Å²) in [7, 11) is 0. The largest absolute Gasteiger partial charge is 0.480 e. The highest BCUT2D eigenvalue weighted by atomic mass is 19.1. The van der Waals surface area contributed by atoms with E-state index in [2.05, 4.69) is 5.32 Å². The molecule has 0 aliphatic heterocycles. The van der Waals surface area contributed by atoms with Crippen LogP contribution in [-0.2, 0) is 4.79 Å². The summed E-state index contributed by atoms with van der Waals surface area (Å²) < 4.78 is 26.4. The Morgan fingerprint density at radius 1 is 1.33 bits per heavy atom. The zero-order valence-corrected chi connectivity index (χ0v) is 9.54. The molecule has 7 heteroatoms. The minimum Gasteiger partial charge on any atom is -0.480 e. The maximum atomic E-state index is 13.2. The number of carbonyl (C=O) groups is 2. The van der Waals surface area contributed by atoms with Crippen molar-refractivity contribution in [2.45, 2.75) is 19.4 Å². The number of carbonyl (C=O) groups excluding carboxylic acids is 1. The molecule has 0 radical (unpaired) electrons. The van der Waals surface area contributed by atoms with Gasteiger partial charge in [0.25, 0.3) is 0 Å². The van der Waals surface area contributed by atoms with Crippen LogP contribution < -0.4 is 10.6 Å². The lowest BCUT2D eigenvalue weighted by atomic mass is 10.2. The molecule has 2 amide bonds. The number of nitrogens with one attached hydrogen (secondary N) is 2. The van der Waals surface area contributed by atoms with Gasteiger partial charge in [0.1, 0.15) is 23.4 Å². The number of anilines is 1. The average molecular weight is 258 g/mol. The van der Waals surface area contributed by atoms with Crippen LogP contribution in [0.3, 0.4) is 0 Å². The molecule has 98 valence electrons. The summed E-state index contributed by atoms with van der Waals surface area (Å²) in [5.74, 6) is -3.09. The maximum Gasteiger partial charge on any atom is 0.326 e. The quantitative estimate of drug-likeness (QED) is 0.772. The van der Waals surface area contributed by atoms with Crippen LogP contribution in [0.4, 0.5) is 19.3 Å².